The fraction of sp³-hybridized carbons (Fsp3) is 0.364. The Labute approximate surface area is 73.6 Å². The molecule has 0 aliphatic carbocycles. The van der Waals surface area contributed by atoms with Crippen molar-refractivity contribution in [2.75, 3.05) is 0 Å². The van der Waals surface area contributed by atoms with Crippen LogP contribution >= 0.6 is 0 Å². The van der Waals surface area contributed by atoms with Crippen LogP contribution in [0, 0.1) is 24.2 Å². The molecule has 1 nitrogen and oxygen atoms in total. The summed E-state index contributed by atoms with van der Waals surface area (Å²) in [7, 11) is 0. The number of rotatable bonds is 2. The van der Waals surface area contributed by atoms with Gasteiger partial charge in [-0.3, -0.25) is 0 Å². The average Bonchev–Trinajstić information content (AvgIpc) is 2.09. The summed E-state index contributed by atoms with van der Waals surface area (Å²) in [6, 6.07) is 10.6. The molecule has 0 saturated carbocycles. The standard InChI is InChI=1S/C11H13N/c1-9-3-5-11(6-4-9)7-10(2)8-12/h3-6,10H,7H2,1-2H3/t10-/m0/s1. The lowest BCUT2D eigenvalue weighted by molar-refractivity contribution is 0.739. The lowest BCUT2D eigenvalue weighted by atomic mass is 10.0. The van der Waals surface area contributed by atoms with Gasteiger partial charge < -0.3 is 0 Å². The van der Waals surface area contributed by atoms with Gasteiger partial charge in [0.1, 0.15) is 0 Å². The third-order valence-corrected chi connectivity index (χ3v) is 1.88. The number of benzene rings is 1. The third-order valence-electron chi connectivity index (χ3n) is 1.88. The van der Waals surface area contributed by atoms with Crippen LogP contribution in [0.2, 0.25) is 0 Å². The topological polar surface area (TPSA) is 23.8 Å². The highest BCUT2D eigenvalue weighted by molar-refractivity contribution is 5.22. The maximum Gasteiger partial charge on any atom is 0.0656 e. The van der Waals surface area contributed by atoms with E-state index >= 15 is 0 Å². The molecule has 12 heavy (non-hydrogen) atoms. The molecule has 1 rings (SSSR count). The zero-order valence-corrected chi connectivity index (χ0v) is 7.54. The van der Waals surface area contributed by atoms with Crippen LogP contribution in [0.5, 0.6) is 0 Å². The Morgan fingerprint density at radius 1 is 1.33 bits per heavy atom. The van der Waals surface area contributed by atoms with Gasteiger partial charge in [-0.05, 0) is 25.8 Å². The van der Waals surface area contributed by atoms with Crippen molar-refractivity contribution in [2.24, 2.45) is 5.92 Å². The first kappa shape index (κ1) is 8.80. The van der Waals surface area contributed by atoms with E-state index in [1.54, 1.807) is 0 Å². The summed E-state index contributed by atoms with van der Waals surface area (Å²) in [6.45, 7) is 4.01. The highest BCUT2D eigenvalue weighted by Crippen LogP contribution is 2.08. The highest BCUT2D eigenvalue weighted by Gasteiger charge is 2.00. The molecule has 0 aliphatic heterocycles. The van der Waals surface area contributed by atoms with E-state index in [4.69, 9.17) is 5.26 Å². The summed E-state index contributed by atoms with van der Waals surface area (Å²) in [4.78, 5) is 0. The maximum atomic E-state index is 8.60. The van der Waals surface area contributed by atoms with E-state index in [1.807, 2.05) is 6.92 Å². The quantitative estimate of drug-likeness (QED) is 0.650. The van der Waals surface area contributed by atoms with Crippen LogP contribution in [0.3, 0.4) is 0 Å². The second kappa shape index (κ2) is 3.92. The van der Waals surface area contributed by atoms with Crippen molar-refractivity contribution in [3.8, 4) is 6.07 Å². The molecule has 0 aromatic heterocycles. The van der Waals surface area contributed by atoms with Crippen LogP contribution in [0.1, 0.15) is 18.1 Å². The molecule has 1 aromatic carbocycles. The molecular weight excluding hydrogens is 146 g/mol. The molecule has 0 fully saturated rings. The van der Waals surface area contributed by atoms with Crippen LogP contribution in [0.15, 0.2) is 24.3 Å². The fourth-order valence-corrected chi connectivity index (χ4v) is 1.12. The molecule has 0 heterocycles. The minimum absolute atomic E-state index is 0.118. The highest BCUT2D eigenvalue weighted by atomic mass is 14.3. The Morgan fingerprint density at radius 2 is 1.92 bits per heavy atom. The summed E-state index contributed by atoms with van der Waals surface area (Å²) in [5, 5.41) is 8.60. The molecule has 62 valence electrons. The second-order valence-electron chi connectivity index (χ2n) is 3.22. The molecule has 0 amide bonds. The van der Waals surface area contributed by atoms with E-state index in [0.717, 1.165) is 6.42 Å². The van der Waals surface area contributed by atoms with E-state index < -0.39 is 0 Å². The van der Waals surface area contributed by atoms with Gasteiger partial charge in [0.15, 0.2) is 0 Å². The first-order valence-electron chi connectivity index (χ1n) is 4.17. The Kier molecular flexibility index (Phi) is 2.88. The van der Waals surface area contributed by atoms with Gasteiger partial charge in [0.25, 0.3) is 0 Å². The largest absolute Gasteiger partial charge is 0.198 e. The lowest BCUT2D eigenvalue weighted by Gasteiger charge is -2.02. The van der Waals surface area contributed by atoms with E-state index in [-0.39, 0.29) is 5.92 Å². The minimum Gasteiger partial charge on any atom is -0.198 e. The molecule has 0 saturated heterocycles. The van der Waals surface area contributed by atoms with Crippen LogP contribution in [0.25, 0.3) is 0 Å². The van der Waals surface area contributed by atoms with Crippen LogP contribution < -0.4 is 0 Å². The smallest absolute Gasteiger partial charge is 0.0656 e. The molecule has 0 bridgehead atoms. The molecule has 0 unspecified atom stereocenters. The van der Waals surface area contributed by atoms with Crippen molar-refractivity contribution in [1.29, 1.82) is 5.26 Å². The first-order valence-corrected chi connectivity index (χ1v) is 4.17. The van der Waals surface area contributed by atoms with Crippen LogP contribution in [0.4, 0.5) is 0 Å². The summed E-state index contributed by atoms with van der Waals surface area (Å²) in [5.74, 6) is 0.118. The van der Waals surface area contributed by atoms with Gasteiger partial charge in [-0.2, -0.15) is 5.26 Å². The van der Waals surface area contributed by atoms with Crippen molar-refractivity contribution >= 4 is 0 Å². The van der Waals surface area contributed by atoms with Crippen molar-refractivity contribution in [1.82, 2.24) is 0 Å². The van der Waals surface area contributed by atoms with E-state index in [0.29, 0.717) is 0 Å². The van der Waals surface area contributed by atoms with Gasteiger partial charge in [0, 0.05) is 5.92 Å². The van der Waals surface area contributed by atoms with Crippen molar-refractivity contribution in [2.45, 2.75) is 20.3 Å². The fourth-order valence-electron chi connectivity index (χ4n) is 1.12. The Bertz CT molecular complexity index is 279. The van der Waals surface area contributed by atoms with Crippen molar-refractivity contribution < 1.29 is 0 Å². The molecule has 1 aromatic rings. The van der Waals surface area contributed by atoms with Gasteiger partial charge in [-0.15, -0.1) is 0 Å². The Morgan fingerprint density at radius 3 is 2.42 bits per heavy atom. The number of nitrogens with zero attached hydrogens (tertiary/aromatic N) is 1. The molecule has 0 aliphatic rings. The average molecular weight is 159 g/mol. The van der Waals surface area contributed by atoms with Crippen molar-refractivity contribution in [3.63, 3.8) is 0 Å². The number of hydrogen-bond acceptors (Lipinski definition) is 1. The zero-order valence-electron chi connectivity index (χ0n) is 7.54. The van der Waals surface area contributed by atoms with Gasteiger partial charge in [-0.25, -0.2) is 0 Å². The molecule has 1 heteroatoms. The van der Waals surface area contributed by atoms with Gasteiger partial charge in [0.05, 0.1) is 6.07 Å². The zero-order chi connectivity index (χ0) is 8.97. The van der Waals surface area contributed by atoms with Crippen LogP contribution in [-0.2, 0) is 6.42 Å². The number of nitriles is 1. The van der Waals surface area contributed by atoms with Gasteiger partial charge >= 0.3 is 0 Å². The minimum atomic E-state index is 0.118. The number of aryl methyl sites for hydroxylation is 1. The molecule has 0 spiro atoms. The predicted octanol–water partition coefficient (Wildman–Crippen LogP) is 2.70. The summed E-state index contributed by atoms with van der Waals surface area (Å²) < 4.78 is 0. The monoisotopic (exact) mass is 159 g/mol. The maximum absolute atomic E-state index is 8.60. The summed E-state index contributed by atoms with van der Waals surface area (Å²) >= 11 is 0. The van der Waals surface area contributed by atoms with Crippen molar-refractivity contribution in [3.05, 3.63) is 35.4 Å². The second-order valence-corrected chi connectivity index (χ2v) is 3.22. The molecule has 1 atom stereocenters. The third kappa shape index (κ3) is 2.39. The first-order chi connectivity index (χ1) is 5.72. The summed E-state index contributed by atoms with van der Waals surface area (Å²) in [6.07, 6.45) is 0.858. The van der Waals surface area contributed by atoms with E-state index in [2.05, 4.69) is 37.3 Å². The Hall–Kier alpha value is -1.29. The summed E-state index contributed by atoms with van der Waals surface area (Å²) in [5.41, 5.74) is 2.51. The normalized spacial score (nSPS) is 12.1. The van der Waals surface area contributed by atoms with E-state index in [1.165, 1.54) is 11.1 Å². The number of hydrogen-bond donors (Lipinski definition) is 0. The molecule has 0 radical (unpaired) electrons. The predicted molar refractivity (Wildman–Crippen MR) is 49.7 cm³/mol. The van der Waals surface area contributed by atoms with Gasteiger partial charge in [0.2, 0.25) is 0 Å². The Balaban J connectivity index is 2.66. The SMILES string of the molecule is Cc1ccc(C[C@H](C)C#N)cc1. The molecular formula is C11H13N. The lowest BCUT2D eigenvalue weighted by Crippen LogP contribution is -1.95. The van der Waals surface area contributed by atoms with Crippen LogP contribution in [-0.4, -0.2) is 0 Å². The van der Waals surface area contributed by atoms with Gasteiger partial charge in [-0.1, -0.05) is 29.8 Å². The van der Waals surface area contributed by atoms with E-state index in [9.17, 15) is 0 Å². The molecule has 0 N–H and O–H groups in total.